The third-order valence-corrected chi connectivity index (χ3v) is 3.48. The maximum absolute atomic E-state index is 11.7. The van der Waals surface area contributed by atoms with E-state index in [0.717, 1.165) is 22.2 Å². The Labute approximate surface area is 117 Å². The average molecular weight is 265 g/mol. The predicted octanol–water partition coefficient (Wildman–Crippen LogP) is 3.73. The molecule has 3 heteroatoms. The molecule has 0 atom stereocenters. The molecular weight excluding hydrogens is 250 g/mol. The van der Waals surface area contributed by atoms with Crippen LogP contribution in [0.5, 0.6) is 0 Å². The maximum atomic E-state index is 11.7. The molecule has 1 heterocycles. The third-order valence-electron chi connectivity index (χ3n) is 3.48. The molecule has 0 aliphatic rings. The summed E-state index contributed by atoms with van der Waals surface area (Å²) < 4.78 is 6.93. The molecule has 100 valence electrons. The Morgan fingerprint density at radius 2 is 1.85 bits per heavy atom. The van der Waals surface area contributed by atoms with Crippen LogP contribution in [0.25, 0.3) is 16.6 Å². The lowest BCUT2D eigenvalue weighted by Gasteiger charge is -2.08. The molecule has 0 amide bonds. The summed E-state index contributed by atoms with van der Waals surface area (Å²) in [5, 5.41) is 1.03. The maximum Gasteiger partial charge on any atom is 0.338 e. The molecule has 3 nitrogen and oxygen atoms in total. The fourth-order valence-corrected chi connectivity index (χ4v) is 2.43. The van der Waals surface area contributed by atoms with Crippen LogP contribution in [-0.4, -0.2) is 17.6 Å². The third kappa shape index (κ3) is 1.97. The van der Waals surface area contributed by atoms with Crippen molar-refractivity contribution in [2.75, 3.05) is 7.11 Å². The van der Waals surface area contributed by atoms with Gasteiger partial charge >= 0.3 is 5.97 Å². The van der Waals surface area contributed by atoms with Crippen molar-refractivity contribution in [2.45, 2.75) is 6.92 Å². The van der Waals surface area contributed by atoms with Crippen LogP contribution in [0.3, 0.4) is 0 Å². The van der Waals surface area contributed by atoms with E-state index in [9.17, 15) is 4.79 Å². The molecule has 0 spiro atoms. The number of aromatic nitrogens is 1. The Balaban J connectivity index is 2.20. The van der Waals surface area contributed by atoms with Gasteiger partial charge in [-0.25, -0.2) is 4.79 Å². The van der Waals surface area contributed by atoms with Crippen molar-refractivity contribution in [3.63, 3.8) is 0 Å². The first-order chi connectivity index (χ1) is 9.70. The molecule has 2 aromatic carbocycles. The van der Waals surface area contributed by atoms with Crippen molar-refractivity contribution in [1.82, 2.24) is 4.57 Å². The minimum Gasteiger partial charge on any atom is -0.465 e. The summed E-state index contributed by atoms with van der Waals surface area (Å²) in [5.74, 6) is -0.295. The number of carbonyl (C=O) groups is 1. The highest BCUT2D eigenvalue weighted by atomic mass is 16.5. The van der Waals surface area contributed by atoms with Gasteiger partial charge in [-0.3, -0.25) is 0 Å². The lowest BCUT2D eigenvalue weighted by atomic mass is 10.1. The molecule has 0 unspecified atom stereocenters. The number of hydrogen-bond acceptors (Lipinski definition) is 2. The zero-order chi connectivity index (χ0) is 14.1. The van der Waals surface area contributed by atoms with Crippen LogP contribution in [-0.2, 0) is 4.74 Å². The topological polar surface area (TPSA) is 31.2 Å². The molecule has 0 radical (unpaired) electrons. The lowest BCUT2D eigenvalue weighted by Crippen LogP contribution is -2.03. The SMILES string of the molecule is COC(=O)c1cc2ccn(-c3ccccc3)c2cc1C. The second kappa shape index (κ2) is 4.85. The summed E-state index contributed by atoms with van der Waals surface area (Å²) in [6.45, 7) is 1.92. The summed E-state index contributed by atoms with van der Waals surface area (Å²) in [5.41, 5.74) is 3.72. The highest BCUT2D eigenvalue weighted by Gasteiger charge is 2.12. The minimum absolute atomic E-state index is 0.295. The number of aryl methyl sites for hydroxylation is 1. The largest absolute Gasteiger partial charge is 0.465 e. The Morgan fingerprint density at radius 3 is 2.55 bits per heavy atom. The number of rotatable bonds is 2. The summed E-state index contributed by atoms with van der Waals surface area (Å²) >= 11 is 0. The van der Waals surface area contributed by atoms with Gasteiger partial charge in [-0.2, -0.15) is 0 Å². The van der Waals surface area contributed by atoms with E-state index in [1.165, 1.54) is 7.11 Å². The fraction of sp³-hybridized carbons (Fsp3) is 0.118. The van der Waals surface area contributed by atoms with Gasteiger partial charge in [0.25, 0.3) is 0 Å². The van der Waals surface area contributed by atoms with Crippen molar-refractivity contribution in [1.29, 1.82) is 0 Å². The number of carbonyl (C=O) groups excluding carboxylic acids is 1. The number of hydrogen-bond donors (Lipinski definition) is 0. The molecule has 3 aromatic rings. The molecule has 0 bridgehead atoms. The average Bonchev–Trinajstić information content (AvgIpc) is 2.89. The van der Waals surface area contributed by atoms with Gasteiger partial charge in [0, 0.05) is 17.3 Å². The van der Waals surface area contributed by atoms with E-state index < -0.39 is 0 Å². The van der Waals surface area contributed by atoms with Gasteiger partial charge in [-0.1, -0.05) is 18.2 Å². The zero-order valence-corrected chi connectivity index (χ0v) is 11.5. The minimum atomic E-state index is -0.295. The van der Waals surface area contributed by atoms with Gasteiger partial charge in [0.05, 0.1) is 18.2 Å². The number of methoxy groups -OCH3 is 1. The first-order valence-corrected chi connectivity index (χ1v) is 6.46. The second-order valence-electron chi connectivity index (χ2n) is 4.74. The molecule has 0 fully saturated rings. The summed E-state index contributed by atoms with van der Waals surface area (Å²) in [6, 6.07) is 16.0. The van der Waals surface area contributed by atoms with Gasteiger partial charge in [-0.15, -0.1) is 0 Å². The van der Waals surface area contributed by atoms with Crippen LogP contribution in [0.4, 0.5) is 0 Å². The second-order valence-corrected chi connectivity index (χ2v) is 4.74. The number of fused-ring (bicyclic) bond motifs is 1. The first kappa shape index (κ1) is 12.5. The van der Waals surface area contributed by atoms with Gasteiger partial charge in [-0.05, 0) is 42.8 Å². The molecule has 0 aliphatic carbocycles. The van der Waals surface area contributed by atoms with Gasteiger partial charge < -0.3 is 9.30 Å². The van der Waals surface area contributed by atoms with Crippen LogP contribution in [0.2, 0.25) is 0 Å². The molecule has 0 saturated carbocycles. The van der Waals surface area contributed by atoms with Gasteiger partial charge in [0.2, 0.25) is 0 Å². The normalized spacial score (nSPS) is 10.7. The first-order valence-electron chi connectivity index (χ1n) is 6.46. The van der Waals surface area contributed by atoms with Gasteiger partial charge in [0.1, 0.15) is 0 Å². The molecule has 0 aliphatic heterocycles. The van der Waals surface area contributed by atoms with E-state index in [0.29, 0.717) is 5.56 Å². The summed E-state index contributed by atoms with van der Waals surface area (Å²) in [4.78, 5) is 11.7. The predicted molar refractivity (Wildman–Crippen MR) is 79.4 cm³/mol. The van der Waals surface area contributed by atoms with Crippen LogP contribution >= 0.6 is 0 Å². The molecular formula is C17H15NO2. The lowest BCUT2D eigenvalue weighted by molar-refractivity contribution is 0.0600. The van der Waals surface area contributed by atoms with E-state index in [1.807, 2.05) is 49.5 Å². The monoisotopic (exact) mass is 265 g/mol. The van der Waals surface area contributed by atoms with Gasteiger partial charge in [0.15, 0.2) is 0 Å². The van der Waals surface area contributed by atoms with E-state index >= 15 is 0 Å². The van der Waals surface area contributed by atoms with Crippen molar-refractivity contribution in [2.24, 2.45) is 0 Å². The van der Waals surface area contributed by atoms with E-state index in [-0.39, 0.29) is 5.97 Å². The number of benzene rings is 2. The summed E-state index contributed by atoms with van der Waals surface area (Å²) in [7, 11) is 1.40. The van der Waals surface area contributed by atoms with Crippen molar-refractivity contribution >= 4 is 16.9 Å². The Morgan fingerprint density at radius 1 is 1.10 bits per heavy atom. The Kier molecular flexibility index (Phi) is 3.03. The number of para-hydroxylation sites is 1. The molecule has 0 N–H and O–H groups in total. The molecule has 20 heavy (non-hydrogen) atoms. The Bertz CT molecular complexity index is 772. The van der Waals surface area contributed by atoms with E-state index in [1.54, 1.807) is 0 Å². The Hall–Kier alpha value is -2.55. The standard InChI is InChI=1S/C17H15NO2/c1-12-10-16-13(11-15(12)17(19)20-2)8-9-18(16)14-6-4-3-5-7-14/h3-11H,1-2H3. The van der Waals surface area contributed by atoms with Crippen molar-refractivity contribution in [3.05, 3.63) is 65.9 Å². The fourth-order valence-electron chi connectivity index (χ4n) is 2.43. The zero-order valence-electron chi connectivity index (χ0n) is 11.5. The number of ether oxygens (including phenoxy) is 1. The number of esters is 1. The molecule has 3 rings (SSSR count). The van der Waals surface area contributed by atoms with Crippen LogP contribution < -0.4 is 0 Å². The highest BCUT2D eigenvalue weighted by molar-refractivity contribution is 5.96. The van der Waals surface area contributed by atoms with Crippen molar-refractivity contribution < 1.29 is 9.53 Å². The smallest absolute Gasteiger partial charge is 0.338 e. The number of nitrogens with zero attached hydrogens (tertiary/aromatic N) is 1. The highest BCUT2D eigenvalue weighted by Crippen LogP contribution is 2.24. The van der Waals surface area contributed by atoms with E-state index in [2.05, 4.69) is 16.7 Å². The van der Waals surface area contributed by atoms with E-state index in [4.69, 9.17) is 4.74 Å². The molecule has 0 saturated heterocycles. The van der Waals surface area contributed by atoms with Crippen LogP contribution in [0.15, 0.2) is 54.7 Å². The quantitative estimate of drug-likeness (QED) is 0.661. The van der Waals surface area contributed by atoms with Crippen molar-refractivity contribution in [3.8, 4) is 5.69 Å². The van der Waals surface area contributed by atoms with Crippen LogP contribution in [0.1, 0.15) is 15.9 Å². The van der Waals surface area contributed by atoms with Crippen LogP contribution in [0, 0.1) is 6.92 Å². The summed E-state index contributed by atoms with van der Waals surface area (Å²) in [6.07, 6.45) is 2.01. The molecule has 1 aromatic heterocycles.